The molecule has 0 spiro atoms. The Kier molecular flexibility index (Phi) is 5.14. The van der Waals surface area contributed by atoms with Crippen LogP contribution in [0.2, 0.25) is 0 Å². The number of amides is 1. The van der Waals surface area contributed by atoms with E-state index in [2.05, 4.69) is 10.3 Å². The highest BCUT2D eigenvalue weighted by Gasteiger charge is 2.32. The van der Waals surface area contributed by atoms with Crippen molar-refractivity contribution >= 4 is 5.91 Å². The van der Waals surface area contributed by atoms with E-state index in [-0.39, 0.29) is 17.6 Å². The summed E-state index contributed by atoms with van der Waals surface area (Å²) in [7, 11) is 1.60. The van der Waals surface area contributed by atoms with Gasteiger partial charge in [0.2, 0.25) is 0 Å². The van der Waals surface area contributed by atoms with Crippen molar-refractivity contribution in [1.82, 2.24) is 15.2 Å². The van der Waals surface area contributed by atoms with Crippen molar-refractivity contribution in [3.8, 4) is 17.1 Å². The lowest BCUT2D eigenvalue weighted by Gasteiger charge is -2.27. The molecule has 1 aliphatic rings. The Balaban J connectivity index is 1.63. The maximum atomic E-state index is 13.3. The molecule has 28 heavy (non-hydrogen) atoms. The Morgan fingerprint density at radius 3 is 2.79 bits per heavy atom. The molecule has 0 unspecified atom stereocenters. The molecule has 3 heterocycles. The Labute approximate surface area is 163 Å². The topological polar surface area (TPSA) is 81.6 Å². The van der Waals surface area contributed by atoms with E-state index >= 15 is 0 Å². The lowest BCUT2D eigenvalue weighted by molar-refractivity contribution is 0.0640. The van der Waals surface area contributed by atoms with Gasteiger partial charge in [0.25, 0.3) is 5.91 Å². The van der Waals surface area contributed by atoms with Gasteiger partial charge in [0.05, 0.1) is 24.4 Å². The molecule has 0 aliphatic carbocycles. The number of hydrogen-bond donors (Lipinski definition) is 0. The molecule has 7 heteroatoms. The predicted molar refractivity (Wildman–Crippen MR) is 102 cm³/mol. The third-order valence-corrected chi connectivity index (χ3v) is 5.09. The van der Waals surface area contributed by atoms with Crippen molar-refractivity contribution in [2.24, 2.45) is 0 Å². The average molecular weight is 381 g/mol. The van der Waals surface area contributed by atoms with E-state index < -0.39 is 0 Å². The largest absolute Gasteiger partial charge is 0.496 e. The fourth-order valence-corrected chi connectivity index (χ4v) is 3.69. The van der Waals surface area contributed by atoms with E-state index in [4.69, 9.17) is 13.8 Å². The molecule has 4 rings (SSSR count). The fraction of sp³-hybridized carbons (Fsp3) is 0.381. The predicted octanol–water partition coefficient (Wildman–Crippen LogP) is 4.40. The van der Waals surface area contributed by atoms with Crippen molar-refractivity contribution in [2.45, 2.75) is 38.6 Å². The van der Waals surface area contributed by atoms with E-state index in [0.29, 0.717) is 18.1 Å². The van der Waals surface area contributed by atoms with Crippen LogP contribution in [-0.4, -0.2) is 34.8 Å². The fourth-order valence-electron chi connectivity index (χ4n) is 3.69. The summed E-state index contributed by atoms with van der Waals surface area (Å²) in [5.74, 6) is 1.73. The molecule has 0 radical (unpaired) electrons. The van der Waals surface area contributed by atoms with Gasteiger partial charge in [-0.25, -0.2) is 0 Å². The summed E-state index contributed by atoms with van der Waals surface area (Å²) in [4.78, 5) is 15.1. The third kappa shape index (κ3) is 3.52. The number of nitrogens with zero attached hydrogens (tertiary/aromatic N) is 3. The van der Waals surface area contributed by atoms with E-state index in [1.54, 1.807) is 13.2 Å². The molecule has 0 bridgehead atoms. The van der Waals surface area contributed by atoms with Crippen LogP contribution in [-0.2, 0) is 0 Å². The minimum Gasteiger partial charge on any atom is -0.496 e. The molecule has 7 nitrogen and oxygen atoms in total. The van der Waals surface area contributed by atoms with Crippen molar-refractivity contribution in [3.05, 3.63) is 53.5 Å². The molecule has 1 amide bonds. The zero-order chi connectivity index (χ0) is 19.5. The maximum Gasteiger partial charge on any atom is 0.276 e. The van der Waals surface area contributed by atoms with Crippen LogP contribution in [0.4, 0.5) is 0 Å². The molecular formula is C21H23N3O4. The van der Waals surface area contributed by atoms with Crippen molar-refractivity contribution in [1.29, 1.82) is 0 Å². The van der Waals surface area contributed by atoms with Crippen LogP contribution in [0.5, 0.6) is 5.75 Å². The van der Waals surface area contributed by atoms with Crippen molar-refractivity contribution < 1.29 is 18.6 Å². The number of methoxy groups -OCH3 is 1. The smallest absolute Gasteiger partial charge is 0.276 e. The van der Waals surface area contributed by atoms with Gasteiger partial charge in [0, 0.05) is 18.7 Å². The van der Waals surface area contributed by atoms with Gasteiger partial charge in [-0.1, -0.05) is 35.3 Å². The number of ether oxygens (including phenoxy) is 1. The van der Waals surface area contributed by atoms with Gasteiger partial charge in [-0.05, 0) is 31.9 Å². The lowest BCUT2D eigenvalue weighted by Crippen LogP contribution is -2.34. The second-order valence-electron chi connectivity index (χ2n) is 7.01. The third-order valence-electron chi connectivity index (χ3n) is 5.09. The van der Waals surface area contributed by atoms with Crippen LogP contribution in [0.25, 0.3) is 11.3 Å². The molecule has 3 aromatic rings. The number of carbonyl (C=O) groups excluding carboxylic acids is 1. The molecule has 1 aromatic carbocycles. The summed E-state index contributed by atoms with van der Waals surface area (Å²) >= 11 is 0. The molecule has 1 saturated heterocycles. The van der Waals surface area contributed by atoms with Crippen LogP contribution < -0.4 is 4.74 Å². The Hall–Kier alpha value is -3.09. The SMILES string of the molecule is COc1ccccc1-c1cc(C(=O)N2CCCCC[C@@H]2c2cc(C)no2)no1. The standard InChI is InChI=1S/C21H23N3O4/c1-14-12-20(28-22-14)17-9-4-3-7-11-24(17)21(25)16-13-19(27-23-16)15-8-5-6-10-18(15)26-2/h5-6,8,10,12-13,17H,3-4,7,9,11H2,1-2H3/t17-/m1/s1. The Morgan fingerprint density at radius 1 is 1.14 bits per heavy atom. The molecule has 0 N–H and O–H groups in total. The first-order chi connectivity index (χ1) is 13.7. The highest BCUT2D eigenvalue weighted by atomic mass is 16.5. The summed E-state index contributed by atoms with van der Waals surface area (Å²) in [6.07, 6.45) is 3.92. The maximum absolute atomic E-state index is 13.3. The van der Waals surface area contributed by atoms with Crippen LogP contribution in [0.15, 0.2) is 45.4 Å². The van der Waals surface area contributed by atoms with Crippen molar-refractivity contribution in [2.75, 3.05) is 13.7 Å². The van der Waals surface area contributed by atoms with Gasteiger partial charge in [0.15, 0.2) is 17.2 Å². The number of benzene rings is 1. The number of aryl methyl sites for hydroxylation is 1. The minimum absolute atomic E-state index is 0.136. The molecule has 146 valence electrons. The second kappa shape index (κ2) is 7.88. The van der Waals surface area contributed by atoms with Gasteiger partial charge < -0.3 is 18.7 Å². The van der Waals surface area contributed by atoms with Crippen LogP contribution >= 0.6 is 0 Å². The summed E-state index contributed by atoms with van der Waals surface area (Å²) < 4.78 is 16.3. The Morgan fingerprint density at radius 2 is 2.00 bits per heavy atom. The number of hydrogen-bond acceptors (Lipinski definition) is 6. The second-order valence-corrected chi connectivity index (χ2v) is 7.01. The number of likely N-dealkylation sites (tertiary alicyclic amines) is 1. The van der Waals surface area contributed by atoms with E-state index in [1.807, 2.05) is 42.2 Å². The number of carbonyl (C=O) groups is 1. The monoisotopic (exact) mass is 381 g/mol. The lowest BCUT2D eigenvalue weighted by atomic mass is 10.1. The molecule has 1 aliphatic heterocycles. The van der Waals surface area contributed by atoms with Gasteiger partial charge >= 0.3 is 0 Å². The summed E-state index contributed by atoms with van der Waals surface area (Å²) in [6, 6.07) is 10.9. The van der Waals surface area contributed by atoms with Crippen LogP contribution in [0, 0.1) is 6.92 Å². The number of para-hydroxylation sites is 1. The number of aromatic nitrogens is 2. The minimum atomic E-state index is -0.161. The summed E-state index contributed by atoms with van der Waals surface area (Å²) in [5.41, 5.74) is 1.85. The van der Waals surface area contributed by atoms with E-state index in [9.17, 15) is 4.79 Å². The first kappa shape index (κ1) is 18.3. The highest BCUT2D eigenvalue weighted by molar-refractivity contribution is 5.93. The number of rotatable bonds is 4. The molecular weight excluding hydrogens is 358 g/mol. The molecule has 0 saturated carbocycles. The first-order valence-corrected chi connectivity index (χ1v) is 9.51. The zero-order valence-corrected chi connectivity index (χ0v) is 16.1. The molecule has 2 aromatic heterocycles. The van der Waals surface area contributed by atoms with Crippen LogP contribution in [0.1, 0.15) is 53.7 Å². The van der Waals surface area contributed by atoms with E-state index in [0.717, 1.165) is 42.7 Å². The quantitative estimate of drug-likeness (QED) is 0.666. The van der Waals surface area contributed by atoms with Gasteiger partial charge in [0.1, 0.15) is 5.75 Å². The van der Waals surface area contributed by atoms with Crippen LogP contribution in [0.3, 0.4) is 0 Å². The average Bonchev–Trinajstić information content (AvgIpc) is 3.31. The molecule has 1 atom stereocenters. The molecule has 1 fully saturated rings. The van der Waals surface area contributed by atoms with Gasteiger partial charge in [-0.3, -0.25) is 4.79 Å². The summed E-state index contributed by atoms with van der Waals surface area (Å²) in [6.45, 7) is 2.53. The van der Waals surface area contributed by atoms with Crippen molar-refractivity contribution in [3.63, 3.8) is 0 Å². The normalized spacial score (nSPS) is 17.4. The van der Waals surface area contributed by atoms with Gasteiger partial charge in [-0.15, -0.1) is 0 Å². The Bertz CT molecular complexity index is 962. The highest BCUT2D eigenvalue weighted by Crippen LogP contribution is 2.33. The summed E-state index contributed by atoms with van der Waals surface area (Å²) in [5, 5.41) is 8.03. The first-order valence-electron chi connectivity index (χ1n) is 9.51. The zero-order valence-electron chi connectivity index (χ0n) is 16.1. The van der Waals surface area contributed by atoms with E-state index in [1.165, 1.54) is 0 Å². The van der Waals surface area contributed by atoms with Gasteiger partial charge in [-0.2, -0.15) is 0 Å².